The summed E-state index contributed by atoms with van der Waals surface area (Å²) in [6.45, 7) is 0. The number of halogens is 5. The minimum Gasteiger partial charge on any atom is -0.324 e. The Hall–Kier alpha value is -2.95. The molecule has 0 radical (unpaired) electrons. The summed E-state index contributed by atoms with van der Waals surface area (Å²) in [5.41, 5.74) is -1.13. The van der Waals surface area contributed by atoms with E-state index in [2.05, 4.69) is 15.6 Å². The van der Waals surface area contributed by atoms with Crippen LogP contribution in [0.25, 0.3) is 0 Å². The average molecular weight is 429 g/mol. The van der Waals surface area contributed by atoms with Crippen molar-refractivity contribution in [2.45, 2.75) is 17.8 Å². The van der Waals surface area contributed by atoms with Crippen LogP contribution in [0.1, 0.15) is 12.0 Å². The zero-order chi connectivity index (χ0) is 21.2. The molecule has 0 saturated carbocycles. The van der Waals surface area contributed by atoms with Crippen molar-refractivity contribution in [3.8, 4) is 0 Å². The van der Waals surface area contributed by atoms with Crippen molar-refractivity contribution in [3.63, 3.8) is 0 Å². The van der Waals surface area contributed by atoms with Crippen LogP contribution in [0.3, 0.4) is 0 Å². The second kappa shape index (κ2) is 8.19. The summed E-state index contributed by atoms with van der Waals surface area (Å²) in [7, 11) is 0. The quantitative estimate of drug-likeness (QED) is 0.715. The Morgan fingerprint density at radius 1 is 1.17 bits per heavy atom. The number of carbonyl (C=O) groups excluding carboxylic acids is 2. The molecule has 2 amide bonds. The van der Waals surface area contributed by atoms with Crippen molar-refractivity contribution >= 4 is 40.1 Å². The molecule has 0 spiro atoms. The van der Waals surface area contributed by atoms with E-state index in [1.54, 1.807) is 0 Å². The van der Waals surface area contributed by atoms with Crippen molar-refractivity contribution in [2.24, 2.45) is 4.99 Å². The second-order valence-electron chi connectivity index (χ2n) is 5.94. The fourth-order valence-corrected chi connectivity index (χ4v) is 3.41. The minimum atomic E-state index is -4.53. The van der Waals surface area contributed by atoms with Crippen LogP contribution in [0.15, 0.2) is 47.5 Å². The Labute approximate surface area is 165 Å². The smallest absolute Gasteiger partial charge is 0.324 e. The Morgan fingerprint density at radius 2 is 1.93 bits per heavy atom. The largest absolute Gasteiger partial charge is 0.416 e. The maximum atomic E-state index is 13.6. The maximum Gasteiger partial charge on any atom is 0.416 e. The predicted molar refractivity (Wildman–Crippen MR) is 97.7 cm³/mol. The first-order chi connectivity index (χ1) is 13.6. The van der Waals surface area contributed by atoms with Gasteiger partial charge in [0.2, 0.25) is 11.8 Å². The summed E-state index contributed by atoms with van der Waals surface area (Å²) in [4.78, 5) is 28.0. The van der Waals surface area contributed by atoms with Gasteiger partial charge in [-0.2, -0.15) is 13.2 Å². The zero-order valence-electron chi connectivity index (χ0n) is 14.4. The van der Waals surface area contributed by atoms with Crippen molar-refractivity contribution in [3.05, 3.63) is 59.7 Å². The molecule has 1 aliphatic rings. The van der Waals surface area contributed by atoms with E-state index in [0.29, 0.717) is 6.07 Å². The van der Waals surface area contributed by atoms with Gasteiger partial charge in [-0.15, -0.1) is 0 Å². The molecule has 152 valence electrons. The number of nitrogens with zero attached hydrogens (tertiary/aromatic N) is 1. The molecule has 11 heteroatoms. The van der Waals surface area contributed by atoms with E-state index in [0.717, 1.165) is 36.0 Å². The van der Waals surface area contributed by atoms with Gasteiger partial charge in [-0.3, -0.25) is 9.59 Å². The molecule has 2 N–H and O–H groups in total. The Kier molecular flexibility index (Phi) is 5.87. The summed E-state index contributed by atoms with van der Waals surface area (Å²) < 4.78 is 64.8. The number of amides is 2. The lowest BCUT2D eigenvalue weighted by Crippen LogP contribution is -2.28. The van der Waals surface area contributed by atoms with Gasteiger partial charge in [0.1, 0.15) is 16.9 Å². The highest BCUT2D eigenvalue weighted by Crippen LogP contribution is 2.32. The fourth-order valence-electron chi connectivity index (χ4n) is 2.42. The van der Waals surface area contributed by atoms with Crippen LogP contribution in [0, 0.1) is 11.6 Å². The van der Waals surface area contributed by atoms with Gasteiger partial charge in [0.15, 0.2) is 5.17 Å². The highest BCUT2D eigenvalue weighted by Gasteiger charge is 2.33. The zero-order valence-corrected chi connectivity index (χ0v) is 15.2. The van der Waals surface area contributed by atoms with Crippen LogP contribution in [-0.2, 0) is 15.8 Å². The van der Waals surface area contributed by atoms with E-state index < -0.39 is 40.4 Å². The van der Waals surface area contributed by atoms with E-state index in [1.165, 1.54) is 12.1 Å². The molecule has 1 unspecified atom stereocenters. The summed E-state index contributed by atoms with van der Waals surface area (Å²) in [6, 6.07) is 6.87. The number of alkyl halides is 3. The first-order valence-electron chi connectivity index (χ1n) is 8.10. The van der Waals surface area contributed by atoms with Gasteiger partial charge in [0.05, 0.1) is 16.9 Å². The first kappa shape index (κ1) is 20.8. The normalized spacial score (nSPS) is 18.0. The third kappa shape index (κ3) is 5.31. The fraction of sp³-hybridized carbons (Fsp3) is 0.167. The molecular weight excluding hydrogens is 417 g/mol. The number of benzene rings is 2. The number of amidine groups is 1. The van der Waals surface area contributed by atoms with Gasteiger partial charge in [-0.25, -0.2) is 13.8 Å². The number of nitrogens with one attached hydrogen (secondary N) is 2. The monoisotopic (exact) mass is 429 g/mol. The summed E-state index contributed by atoms with van der Waals surface area (Å²) >= 11 is 0.866. The number of carbonyl (C=O) groups is 2. The molecule has 3 rings (SSSR count). The number of rotatable bonds is 4. The Morgan fingerprint density at radius 3 is 2.62 bits per heavy atom. The van der Waals surface area contributed by atoms with Gasteiger partial charge in [-0.1, -0.05) is 17.8 Å². The van der Waals surface area contributed by atoms with Gasteiger partial charge < -0.3 is 10.6 Å². The molecule has 1 saturated heterocycles. The van der Waals surface area contributed by atoms with E-state index in [9.17, 15) is 31.5 Å². The highest BCUT2D eigenvalue weighted by molar-refractivity contribution is 8.15. The minimum absolute atomic E-state index is 0.0129. The third-order valence-corrected chi connectivity index (χ3v) is 4.84. The molecule has 29 heavy (non-hydrogen) atoms. The molecule has 1 heterocycles. The lowest BCUT2D eigenvalue weighted by Gasteiger charge is -2.08. The molecule has 0 aliphatic carbocycles. The van der Waals surface area contributed by atoms with Gasteiger partial charge in [0, 0.05) is 12.5 Å². The van der Waals surface area contributed by atoms with Crippen LogP contribution >= 0.6 is 11.8 Å². The third-order valence-electron chi connectivity index (χ3n) is 3.76. The van der Waals surface area contributed by atoms with Crippen LogP contribution < -0.4 is 10.6 Å². The van der Waals surface area contributed by atoms with E-state index in [-0.39, 0.29) is 23.0 Å². The van der Waals surface area contributed by atoms with Gasteiger partial charge >= 0.3 is 6.18 Å². The van der Waals surface area contributed by atoms with E-state index in [1.807, 2.05) is 0 Å². The van der Waals surface area contributed by atoms with Crippen molar-refractivity contribution in [1.29, 1.82) is 0 Å². The number of thioether (sulfide) groups is 1. The van der Waals surface area contributed by atoms with Crippen LogP contribution in [0.4, 0.5) is 33.3 Å². The Bertz CT molecular complexity index is 994. The van der Waals surface area contributed by atoms with E-state index in [4.69, 9.17) is 0 Å². The van der Waals surface area contributed by atoms with Crippen LogP contribution in [0.2, 0.25) is 0 Å². The summed E-state index contributed by atoms with van der Waals surface area (Å²) in [5, 5.41) is 3.76. The van der Waals surface area contributed by atoms with Crippen LogP contribution in [-0.4, -0.2) is 22.2 Å². The standard InChI is InChI=1S/C18H12F5N3O2S/c19-10-4-5-13(12(20)7-10)25-15(27)8-14-16(28)26-17(29-14)24-11-3-1-2-9(6-11)18(21,22)23/h1-7,14H,8H2,(H,25,27)(H,24,26,28). The van der Waals surface area contributed by atoms with Crippen molar-refractivity contribution in [1.82, 2.24) is 5.32 Å². The molecule has 0 bridgehead atoms. The molecule has 1 aliphatic heterocycles. The highest BCUT2D eigenvalue weighted by atomic mass is 32.2. The van der Waals surface area contributed by atoms with E-state index >= 15 is 0 Å². The second-order valence-corrected chi connectivity index (χ2v) is 7.13. The molecule has 2 aromatic rings. The van der Waals surface area contributed by atoms with Crippen molar-refractivity contribution in [2.75, 3.05) is 5.32 Å². The molecular formula is C18H12F5N3O2S. The summed E-state index contributed by atoms with van der Waals surface area (Å²) in [5.74, 6) is -3.02. The SMILES string of the molecule is O=C(CC1SC(=Nc2cccc(C(F)(F)F)c2)NC1=O)Nc1ccc(F)cc1F. The molecule has 5 nitrogen and oxygen atoms in total. The van der Waals surface area contributed by atoms with Crippen LogP contribution in [0.5, 0.6) is 0 Å². The number of anilines is 1. The number of hydrogen-bond donors (Lipinski definition) is 2. The Balaban J connectivity index is 1.65. The number of aliphatic imine (C=N–C) groups is 1. The molecule has 2 aromatic carbocycles. The average Bonchev–Trinajstić information content (AvgIpc) is 2.96. The summed E-state index contributed by atoms with van der Waals surface area (Å²) in [6.07, 6.45) is -4.87. The first-order valence-corrected chi connectivity index (χ1v) is 8.98. The number of hydrogen-bond acceptors (Lipinski definition) is 4. The topological polar surface area (TPSA) is 70.6 Å². The molecule has 1 fully saturated rings. The lowest BCUT2D eigenvalue weighted by atomic mass is 10.2. The predicted octanol–water partition coefficient (Wildman–Crippen LogP) is 4.23. The van der Waals surface area contributed by atoms with Crippen molar-refractivity contribution < 1.29 is 31.5 Å². The molecule has 1 atom stereocenters. The maximum absolute atomic E-state index is 13.6. The van der Waals surface area contributed by atoms with Gasteiger partial charge in [0.25, 0.3) is 0 Å². The van der Waals surface area contributed by atoms with Gasteiger partial charge in [-0.05, 0) is 30.3 Å². The lowest BCUT2D eigenvalue weighted by molar-refractivity contribution is -0.137. The molecule has 0 aromatic heterocycles.